The summed E-state index contributed by atoms with van der Waals surface area (Å²) in [6.07, 6.45) is 7.22. The molecule has 0 bridgehead atoms. The number of nitrogens with zero attached hydrogens (tertiary/aromatic N) is 6. The highest BCUT2D eigenvalue weighted by Gasteiger charge is 2.21. The van der Waals surface area contributed by atoms with Crippen molar-refractivity contribution in [2.45, 2.75) is 6.42 Å². The van der Waals surface area contributed by atoms with E-state index < -0.39 is 11.6 Å². The minimum atomic E-state index is -1.14. The SMILES string of the molecule is NN=NC(=Nc1cccc(F)c1F)c1cc(C2=CCN(C(=O)c3cccnc3)CC2)cnc1N. The molecule has 2 aromatic heterocycles. The van der Waals surface area contributed by atoms with Gasteiger partial charge in [0.1, 0.15) is 11.5 Å². The lowest BCUT2D eigenvalue weighted by atomic mass is 9.99. The Morgan fingerprint density at radius 2 is 2.00 bits per heavy atom. The molecule has 34 heavy (non-hydrogen) atoms. The number of nitrogen functional groups attached to an aromatic ring is 1. The van der Waals surface area contributed by atoms with Gasteiger partial charge in [-0.05, 0) is 47.9 Å². The average molecular weight is 462 g/mol. The number of aromatic nitrogens is 2. The minimum Gasteiger partial charge on any atom is -0.383 e. The van der Waals surface area contributed by atoms with Gasteiger partial charge in [0.2, 0.25) is 0 Å². The second kappa shape index (κ2) is 9.94. The third-order valence-electron chi connectivity index (χ3n) is 5.25. The monoisotopic (exact) mass is 462 g/mol. The van der Waals surface area contributed by atoms with Crippen LogP contribution in [0.4, 0.5) is 20.3 Å². The van der Waals surface area contributed by atoms with E-state index >= 15 is 0 Å². The summed E-state index contributed by atoms with van der Waals surface area (Å²) in [6.45, 7) is 0.901. The zero-order valence-corrected chi connectivity index (χ0v) is 17.9. The van der Waals surface area contributed by atoms with Gasteiger partial charge < -0.3 is 16.5 Å². The Bertz CT molecular complexity index is 1310. The van der Waals surface area contributed by atoms with Crippen LogP contribution in [0.15, 0.2) is 76.4 Å². The molecule has 4 rings (SSSR count). The number of benzene rings is 1. The number of rotatable bonds is 4. The van der Waals surface area contributed by atoms with Crippen molar-refractivity contribution in [3.05, 3.63) is 89.4 Å². The van der Waals surface area contributed by atoms with Gasteiger partial charge in [-0.3, -0.25) is 9.78 Å². The van der Waals surface area contributed by atoms with Crippen molar-refractivity contribution in [3.8, 4) is 0 Å². The Hall–Kier alpha value is -4.54. The highest BCUT2D eigenvalue weighted by molar-refractivity contribution is 6.04. The lowest BCUT2D eigenvalue weighted by Crippen LogP contribution is -2.34. The van der Waals surface area contributed by atoms with Crippen molar-refractivity contribution < 1.29 is 13.6 Å². The van der Waals surface area contributed by atoms with Gasteiger partial charge in [-0.15, -0.1) is 5.11 Å². The fourth-order valence-electron chi connectivity index (χ4n) is 3.50. The van der Waals surface area contributed by atoms with Gasteiger partial charge in [-0.1, -0.05) is 17.4 Å². The van der Waals surface area contributed by atoms with Crippen LogP contribution in [-0.2, 0) is 0 Å². The number of pyridine rings is 2. The van der Waals surface area contributed by atoms with Crippen molar-refractivity contribution >= 4 is 28.8 Å². The highest BCUT2D eigenvalue weighted by atomic mass is 19.2. The number of carbonyl (C=O) groups excluding carboxylic acids is 1. The second-order valence-electron chi connectivity index (χ2n) is 7.35. The van der Waals surface area contributed by atoms with Crippen LogP contribution < -0.4 is 11.6 Å². The first-order valence-electron chi connectivity index (χ1n) is 10.3. The lowest BCUT2D eigenvalue weighted by molar-refractivity contribution is 0.0772. The standard InChI is InChI=1S/C23H20F2N8O/c24-18-4-1-5-19(20(18)25)30-22(31-32-27)17-11-16(13-29-21(17)26)14-6-9-33(10-7-14)23(34)15-3-2-8-28-12-15/h1-6,8,11-13H,7,9-10H2,(H2,26,29)(H2,27,30,31). The first kappa shape index (κ1) is 22.6. The van der Waals surface area contributed by atoms with E-state index in [1.165, 1.54) is 18.3 Å². The number of aliphatic imine (C=N–C) groups is 1. The molecule has 3 aromatic rings. The molecule has 0 atom stereocenters. The third kappa shape index (κ3) is 4.77. The van der Waals surface area contributed by atoms with Crippen LogP contribution in [-0.4, -0.2) is 39.7 Å². The quantitative estimate of drug-likeness (QED) is 0.200. The molecule has 11 heteroatoms. The zero-order valence-electron chi connectivity index (χ0n) is 17.9. The maximum Gasteiger partial charge on any atom is 0.255 e. The van der Waals surface area contributed by atoms with E-state index in [9.17, 15) is 13.6 Å². The fourth-order valence-corrected chi connectivity index (χ4v) is 3.50. The van der Waals surface area contributed by atoms with Gasteiger partial charge in [-0.2, -0.15) is 0 Å². The molecule has 1 aliphatic heterocycles. The van der Waals surface area contributed by atoms with E-state index in [4.69, 9.17) is 11.6 Å². The Balaban J connectivity index is 1.63. The molecule has 0 fully saturated rings. The van der Waals surface area contributed by atoms with Crippen LogP contribution in [0.5, 0.6) is 0 Å². The first-order valence-corrected chi connectivity index (χ1v) is 10.3. The van der Waals surface area contributed by atoms with Gasteiger partial charge in [0.15, 0.2) is 17.5 Å². The Kier molecular flexibility index (Phi) is 6.62. The molecule has 0 unspecified atom stereocenters. The van der Waals surface area contributed by atoms with Crippen LogP contribution in [0.1, 0.15) is 27.9 Å². The Morgan fingerprint density at radius 1 is 1.15 bits per heavy atom. The minimum absolute atomic E-state index is 0.0662. The molecule has 1 aliphatic rings. The zero-order chi connectivity index (χ0) is 24.1. The molecule has 0 aliphatic carbocycles. The number of carbonyl (C=O) groups is 1. The molecule has 0 saturated heterocycles. The van der Waals surface area contributed by atoms with Crippen LogP contribution in [0.3, 0.4) is 0 Å². The van der Waals surface area contributed by atoms with Gasteiger partial charge in [-0.25, -0.2) is 18.8 Å². The van der Waals surface area contributed by atoms with Crippen molar-refractivity contribution in [2.24, 2.45) is 21.2 Å². The largest absolute Gasteiger partial charge is 0.383 e. The molecule has 4 N–H and O–H groups in total. The molecule has 172 valence electrons. The summed E-state index contributed by atoms with van der Waals surface area (Å²) in [4.78, 5) is 26.6. The average Bonchev–Trinajstić information content (AvgIpc) is 2.87. The summed E-state index contributed by atoms with van der Waals surface area (Å²) >= 11 is 0. The van der Waals surface area contributed by atoms with Gasteiger partial charge in [0.25, 0.3) is 5.91 Å². The predicted molar refractivity (Wildman–Crippen MR) is 123 cm³/mol. The Morgan fingerprint density at radius 3 is 2.71 bits per heavy atom. The maximum atomic E-state index is 14.1. The molecule has 0 spiro atoms. The van der Waals surface area contributed by atoms with Crippen molar-refractivity contribution in [1.29, 1.82) is 0 Å². The number of amides is 1. The number of halogens is 2. The molecule has 0 radical (unpaired) electrons. The summed E-state index contributed by atoms with van der Waals surface area (Å²) in [6, 6.07) is 8.70. The van der Waals surface area contributed by atoms with Gasteiger partial charge in [0, 0.05) is 31.7 Å². The Labute approximate surface area is 193 Å². The van der Waals surface area contributed by atoms with E-state index in [1.54, 1.807) is 35.5 Å². The number of amidine groups is 1. The summed E-state index contributed by atoms with van der Waals surface area (Å²) in [5.41, 5.74) is 8.17. The fraction of sp³-hybridized carbons (Fsp3) is 0.130. The number of hydrogen-bond donors (Lipinski definition) is 2. The molecular weight excluding hydrogens is 442 g/mol. The topological polar surface area (TPSA) is 135 Å². The van der Waals surface area contributed by atoms with Crippen LogP contribution in [0, 0.1) is 11.6 Å². The molecule has 1 aromatic carbocycles. The smallest absolute Gasteiger partial charge is 0.255 e. The second-order valence-corrected chi connectivity index (χ2v) is 7.35. The molecule has 1 amide bonds. The van der Waals surface area contributed by atoms with E-state index in [0.717, 1.165) is 17.2 Å². The van der Waals surface area contributed by atoms with Crippen molar-refractivity contribution in [2.75, 3.05) is 18.8 Å². The molecule has 3 heterocycles. The lowest BCUT2D eigenvalue weighted by Gasteiger charge is -2.26. The third-order valence-corrected chi connectivity index (χ3v) is 5.25. The molecule has 0 saturated carbocycles. The summed E-state index contributed by atoms with van der Waals surface area (Å²) in [5.74, 6) is 2.86. The van der Waals surface area contributed by atoms with E-state index in [2.05, 4.69) is 25.3 Å². The normalized spacial score (nSPS) is 14.4. The number of hydrogen-bond acceptors (Lipinski definition) is 6. The van der Waals surface area contributed by atoms with E-state index in [0.29, 0.717) is 25.1 Å². The molecule has 9 nitrogen and oxygen atoms in total. The summed E-state index contributed by atoms with van der Waals surface area (Å²) < 4.78 is 27.7. The maximum absolute atomic E-state index is 14.1. The van der Waals surface area contributed by atoms with Crippen LogP contribution >= 0.6 is 0 Å². The van der Waals surface area contributed by atoms with Crippen molar-refractivity contribution in [3.63, 3.8) is 0 Å². The van der Waals surface area contributed by atoms with E-state index in [1.807, 2.05) is 6.08 Å². The predicted octanol–water partition coefficient (Wildman–Crippen LogP) is 3.67. The van der Waals surface area contributed by atoms with Gasteiger partial charge >= 0.3 is 0 Å². The summed E-state index contributed by atoms with van der Waals surface area (Å²) in [7, 11) is 0. The summed E-state index contributed by atoms with van der Waals surface area (Å²) in [5, 5.41) is 6.97. The highest BCUT2D eigenvalue weighted by Crippen LogP contribution is 2.27. The van der Waals surface area contributed by atoms with Gasteiger partial charge in [0.05, 0.1) is 11.1 Å². The van der Waals surface area contributed by atoms with E-state index in [-0.39, 0.29) is 28.8 Å². The number of anilines is 1. The molecular formula is C23H20F2N8O. The van der Waals surface area contributed by atoms with Crippen molar-refractivity contribution in [1.82, 2.24) is 14.9 Å². The number of nitrogens with two attached hydrogens (primary N) is 2. The van der Waals surface area contributed by atoms with Crippen LogP contribution in [0.25, 0.3) is 5.57 Å². The first-order chi connectivity index (χ1) is 16.5. The van der Waals surface area contributed by atoms with Crippen LogP contribution in [0.2, 0.25) is 0 Å².